The molecule has 0 aliphatic heterocycles. The van der Waals surface area contributed by atoms with Gasteiger partial charge in [0.25, 0.3) is 0 Å². The fraction of sp³-hybridized carbons (Fsp3) is 0.231. The Hall–Kier alpha value is -1.34. The number of carbonyl (C=O) groups is 1. The fourth-order valence-electron chi connectivity index (χ4n) is 1.41. The average Bonchev–Trinajstić information content (AvgIpc) is 2.81. The second kappa shape index (κ2) is 6.90. The quantitative estimate of drug-likeness (QED) is 0.712. The van der Waals surface area contributed by atoms with E-state index in [1.807, 2.05) is 12.1 Å². The summed E-state index contributed by atoms with van der Waals surface area (Å²) in [6, 6.07) is 7.12. The van der Waals surface area contributed by atoms with Crippen LogP contribution in [0.4, 0.5) is 0 Å². The Morgan fingerprint density at radius 3 is 2.80 bits per heavy atom. The van der Waals surface area contributed by atoms with Crippen LogP contribution in [-0.2, 0) is 16.1 Å². The van der Waals surface area contributed by atoms with Gasteiger partial charge in [0.1, 0.15) is 23.8 Å². The van der Waals surface area contributed by atoms with Crippen LogP contribution >= 0.6 is 31.9 Å². The Morgan fingerprint density at radius 1 is 1.35 bits per heavy atom. The van der Waals surface area contributed by atoms with Crippen LogP contribution in [-0.4, -0.2) is 17.7 Å². The molecule has 0 aliphatic carbocycles. The highest BCUT2D eigenvalue weighted by Crippen LogP contribution is 2.28. The minimum atomic E-state index is -0.472. The van der Waals surface area contributed by atoms with Crippen molar-refractivity contribution in [2.24, 2.45) is 0 Å². The predicted octanol–water partition coefficient (Wildman–Crippen LogP) is 3.63. The van der Waals surface area contributed by atoms with Gasteiger partial charge in [0, 0.05) is 10.5 Å². The number of halogens is 2. The number of rotatable bonds is 5. The summed E-state index contributed by atoms with van der Waals surface area (Å²) in [5, 5.41) is 3.72. The maximum Gasteiger partial charge on any atom is 0.344 e. The molecule has 0 fully saturated rings. The molecule has 2 rings (SSSR count). The van der Waals surface area contributed by atoms with Gasteiger partial charge in [-0.3, -0.25) is 0 Å². The third kappa shape index (κ3) is 4.35. The summed E-state index contributed by atoms with van der Waals surface area (Å²) in [5.74, 6) is 0.772. The Bertz CT molecular complexity index is 612. The molecule has 1 aromatic carbocycles. The molecule has 1 aromatic heterocycles. The molecule has 0 radical (unpaired) electrons. The van der Waals surface area contributed by atoms with Crippen molar-refractivity contribution in [2.75, 3.05) is 6.61 Å². The van der Waals surface area contributed by atoms with E-state index in [2.05, 4.69) is 37.0 Å². The van der Waals surface area contributed by atoms with Gasteiger partial charge >= 0.3 is 5.97 Å². The smallest absolute Gasteiger partial charge is 0.344 e. The lowest BCUT2D eigenvalue weighted by Gasteiger charge is -2.08. The van der Waals surface area contributed by atoms with E-state index in [1.54, 1.807) is 19.1 Å². The molecule has 2 aromatic rings. The Morgan fingerprint density at radius 2 is 2.15 bits per heavy atom. The molecule has 0 N–H and O–H groups in total. The molecule has 0 aliphatic rings. The summed E-state index contributed by atoms with van der Waals surface area (Å²) in [6.07, 6.45) is 0. The van der Waals surface area contributed by atoms with Gasteiger partial charge in [-0.05, 0) is 41.1 Å². The molecule has 106 valence electrons. The Balaban J connectivity index is 1.80. The summed E-state index contributed by atoms with van der Waals surface area (Å²) >= 11 is 6.68. The van der Waals surface area contributed by atoms with Crippen LogP contribution in [0, 0.1) is 6.92 Å². The Kier molecular flexibility index (Phi) is 5.19. The van der Waals surface area contributed by atoms with E-state index in [9.17, 15) is 4.79 Å². The van der Waals surface area contributed by atoms with Gasteiger partial charge < -0.3 is 14.0 Å². The zero-order chi connectivity index (χ0) is 14.5. The normalized spacial score (nSPS) is 10.3. The second-order valence-corrected chi connectivity index (χ2v) is 5.72. The first-order valence-corrected chi connectivity index (χ1v) is 7.29. The van der Waals surface area contributed by atoms with Crippen LogP contribution in [0.3, 0.4) is 0 Å². The summed E-state index contributed by atoms with van der Waals surface area (Å²) in [6.45, 7) is 1.67. The lowest BCUT2D eigenvalue weighted by Crippen LogP contribution is -2.15. The van der Waals surface area contributed by atoms with E-state index in [1.165, 1.54) is 0 Å². The lowest BCUT2D eigenvalue weighted by molar-refractivity contribution is -0.147. The summed E-state index contributed by atoms with van der Waals surface area (Å²) in [5.41, 5.74) is 0.570. The highest BCUT2D eigenvalue weighted by atomic mass is 79.9. The van der Waals surface area contributed by atoms with E-state index in [0.29, 0.717) is 17.2 Å². The van der Waals surface area contributed by atoms with Gasteiger partial charge in [-0.1, -0.05) is 21.1 Å². The van der Waals surface area contributed by atoms with Crippen LogP contribution in [0.25, 0.3) is 0 Å². The first-order valence-electron chi connectivity index (χ1n) is 5.70. The molecule has 0 bridgehead atoms. The van der Waals surface area contributed by atoms with Crippen LogP contribution in [0.2, 0.25) is 0 Å². The topological polar surface area (TPSA) is 61.6 Å². The van der Waals surface area contributed by atoms with E-state index in [0.717, 1.165) is 8.95 Å². The molecular weight excluding hydrogens is 394 g/mol. The van der Waals surface area contributed by atoms with Crippen LogP contribution in [0.1, 0.15) is 11.5 Å². The highest BCUT2D eigenvalue weighted by Gasteiger charge is 2.09. The fourth-order valence-corrected chi connectivity index (χ4v) is 2.57. The molecule has 1 heterocycles. The van der Waals surface area contributed by atoms with Crippen molar-refractivity contribution in [3.63, 3.8) is 0 Å². The van der Waals surface area contributed by atoms with Crippen LogP contribution in [0.15, 0.2) is 37.7 Å². The Labute approximate surface area is 132 Å². The van der Waals surface area contributed by atoms with Crippen molar-refractivity contribution < 1.29 is 18.8 Å². The van der Waals surface area contributed by atoms with E-state index in [-0.39, 0.29) is 13.2 Å². The first kappa shape index (κ1) is 15.1. The predicted molar refractivity (Wildman–Crippen MR) is 78.4 cm³/mol. The monoisotopic (exact) mass is 403 g/mol. The largest absolute Gasteiger partial charge is 0.481 e. The number of aryl methyl sites for hydroxylation is 1. The maximum atomic E-state index is 11.5. The lowest BCUT2D eigenvalue weighted by atomic mass is 10.3. The van der Waals surface area contributed by atoms with E-state index < -0.39 is 5.97 Å². The number of aromatic nitrogens is 1. The van der Waals surface area contributed by atoms with Crippen molar-refractivity contribution in [1.29, 1.82) is 0 Å². The molecule has 5 nitrogen and oxygen atoms in total. The van der Waals surface area contributed by atoms with Crippen molar-refractivity contribution in [3.05, 3.63) is 44.7 Å². The molecule has 0 atom stereocenters. The van der Waals surface area contributed by atoms with Crippen molar-refractivity contribution in [1.82, 2.24) is 5.16 Å². The van der Waals surface area contributed by atoms with Gasteiger partial charge in [0.05, 0.1) is 4.47 Å². The third-order valence-electron chi connectivity index (χ3n) is 2.30. The minimum Gasteiger partial charge on any atom is -0.481 e. The summed E-state index contributed by atoms with van der Waals surface area (Å²) < 4.78 is 16.9. The molecule has 0 saturated heterocycles. The van der Waals surface area contributed by atoms with E-state index in [4.69, 9.17) is 14.0 Å². The van der Waals surface area contributed by atoms with Gasteiger partial charge in [-0.2, -0.15) is 0 Å². The molecule has 7 heteroatoms. The second-order valence-electron chi connectivity index (χ2n) is 3.95. The highest BCUT2D eigenvalue weighted by molar-refractivity contribution is 9.11. The van der Waals surface area contributed by atoms with Crippen molar-refractivity contribution >= 4 is 37.8 Å². The molecular formula is C13H11Br2NO4. The molecule has 20 heavy (non-hydrogen) atoms. The van der Waals surface area contributed by atoms with Gasteiger partial charge in [0.15, 0.2) is 6.61 Å². The molecule has 0 spiro atoms. The number of benzene rings is 1. The van der Waals surface area contributed by atoms with Crippen molar-refractivity contribution in [3.8, 4) is 5.75 Å². The van der Waals surface area contributed by atoms with Crippen LogP contribution in [0.5, 0.6) is 5.75 Å². The minimum absolute atomic E-state index is 0.0705. The maximum absolute atomic E-state index is 11.5. The van der Waals surface area contributed by atoms with Crippen molar-refractivity contribution in [2.45, 2.75) is 13.5 Å². The summed E-state index contributed by atoms with van der Waals surface area (Å²) in [7, 11) is 0. The zero-order valence-corrected chi connectivity index (χ0v) is 13.7. The molecule has 0 saturated carbocycles. The average molecular weight is 405 g/mol. The SMILES string of the molecule is Cc1cc(COC(=O)COc2ccc(Br)cc2Br)no1. The number of hydrogen-bond acceptors (Lipinski definition) is 5. The summed E-state index contributed by atoms with van der Waals surface area (Å²) in [4.78, 5) is 11.5. The van der Waals surface area contributed by atoms with Gasteiger partial charge in [0.2, 0.25) is 0 Å². The first-order chi connectivity index (χ1) is 9.54. The number of esters is 1. The number of ether oxygens (including phenoxy) is 2. The molecule has 0 unspecified atom stereocenters. The number of carbonyl (C=O) groups excluding carboxylic acids is 1. The number of nitrogens with zero attached hydrogens (tertiary/aromatic N) is 1. The standard InChI is InChI=1S/C13H11Br2NO4/c1-8-4-10(16-20-8)6-19-13(17)7-18-12-3-2-9(14)5-11(12)15/h2-5H,6-7H2,1H3. The van der Waals surface area contributed by atoms with Gasteiger partial charge in [-0.25, -0.2) is 4.79 Å². The van der Waals surface area contributed by atoms with Crippen LogP contribution < -0.4 is 4.74 Å². The molecule has 0 amide bonds. The zero-order valence-electron chi connectivity index (χ0n) is 10.6. The van der Waals surface area contributed by atoms with E-state index >= 15 is 0 Å². The number of hydrogen-bond donors (Lipinski definition) is 0. The van der Waals surface area contributed by atoms with Gasteiger partial charge in [-0.15, -0.1) is 0 Å². The third-order valence-corrected chi connectivity index (χ3v) is 3.41.